The van der Waals surface area contributed by atoms with Gasteiger partial charge in [-0.25, -0.2) is 0 Å². The van der Waals surface area contributed by atoms with Gasteiger partial charge in [0.15, 0.2) is 0 Å². The summed E-state index contributed by atoms with van der Waals surface area (Å²) in [6.45, 7) is 1.36. The SMILES string of the molecule is NCC1=CC(CN)CC=C1. The van der Waals surface area contributed by atoms with Gasteiger partial charge in [-0.05, 0) is 24.5 Å². The van der Waals surface area contributed by atoms with Gasteiger partial charge in [0.05, 0.1) is 0 Å². The van der Waals surface area contributed by atoms with Crippen LogP contribution in [0.3, 0.4) is 0 Å². The van der Waals surface area contributed by atoms with Gasteiger partial charge < -0.3 is 11.5 Å². The average molecular weight is 138 g/mol. The fourth-order valence-corrected chi connectivity index (χ4v) is 1.12. The molecular formula is C8H14N2. The highest BCUT2D eigenvalue weighted by Gasteiger charge is 2.05. The zero-order valence-corrected chi connectivity index (χ0v) is 6.09. The van der Waals surface area contributed by atoms with Crippen molar-refractivity contribution < 1.29 is 0 Å². The van der Waals surface area contributed by atoms with Crippen LogP contribution in [0, 0.1) is 5.92 Å². The van der Waals surface area contributed by atoms with E-state index in [0.29, 0.717) is 12.5 Å². The van der Waals surface area contributed by atoms with E-state index in [0.717, 1.165) is 13.0 Å². The van der Waals surface area contributed by atoms with Crippen molar-refractivity contribution in [2.75, 3.05) is 13.1 Å². The van der Waals surface area contributed by atoms with Gasteiger partial charge in [0.25, 0.3) is 0 Å². The van der Waals surface area contributed by atoms with Crippen molar-refractivity contribution in [3.8, 4) is 0 Å². The number of hydrogen-bond acceptors (Lipinski definition) is 2. The summed E-state index contributed by atoms with van der Waals surface area (Å²) in [4.78, 5) is 0. The van der Waals surface area contributed by atoms with Crippen molar-refractivity contribution in [3.63, 3.8) is 0 Å². The molecule has 56 valence electrons. The number of nitrogens with two attached hydrogens (primary N) is 2. The van der Waals surface area contributed by atoms with Crippen LogP contribution >= 0.6 is 0 Å². The van der Waals surface area contributed by atoms with Crippen molar-refractivity contribution in [2.45, 2.75) is 6.42 Å². The van der Waals surface area contributed by atoms with Crippen LogP contribution in [0.1, 0.15) is 6.42 Å². The molecular weight excluding hydrogens is 124 g/mol. The van der Waals surface area contributed by atoms with E-state index in [9.17, 15) is 0 Å². The van der Waals surface area contributed by atoms with Gasteiger partial charge in [0.2, 0.25) is 0 Å². The molecule has 0 radical (unpaired) electrons. The molecule has 0 spiro atoms. The highest BCUT2D eigenvalue weighted by molar-refractivity contribution is 5.24. The van der Waals surface area contributed by atoms with E-state index in [4.69, 9.17) is 11.5 Å². The predicted molar refractivity (Wildman–Crippen MR) is 43.4 cm³/mol. The zero-order chi connectivity index (χ0) is 7.40. The molecule has 1 atom stereocenters. The molecule has 4 N–H and O–H groups in total. The Bertz CT molecular complexity index is 159. The lowest BCUT2D eigenvalue weighted by molar-refractivity contribution is 0.662. The van der Waals surface area contributed by atoms with Gasteiger partial charge >= 0.3 is 0 Å². The Balaban J connectivity index is 2.56. The van der Waals surface area contributed by atoms with Crippen LogP contribution in [0.5, 0.6) is 0 Å². The van der Waals surface area contributed by atoms with Crippen LogP contribution in [0.15, 0.2) is 23.8 Å². The second-order valence-electron chi connectivity index (χ2n) is 2.58. The van der Waals surface area contributed by atoms with Crippen molar-refractivity contribution >= 4 is 0 Å². The molecule has 0 bridgehead atoms. The first-order valence-electron chi connectivity index (χ1n) is 3.64. The fourth-order valence-electron chi connectivity index (χ4n) is 1.12. The maximum atomic E-state index is 5.50. The van der Waals surface area contributed by atoms with Gasteiger partial charge in [0.1, 0.15) is 0 Å². The Hall–Kier alpha value is -0.600. The van der Waals surface area contributed by atoms with Gasteiger partial charge in [-0.3, -0.25) is 0 Å². The Morgan fingerprint density at radius 2 is 2.30 bits per heavy atom. The largest absolute Gasteiger partial charge is 0.330 e. The van der Waals surface area contributed by atoms with Crippen molar-refractivity contribution in [1.29, 1.82) is 0 Å². The minimum absolute atomic E-state index is 0.517. The third-order valence-electron chi connectivity index (χ3n) is 1.76. The first-order valence-corrected chi connectivity index (χ1v) is 3.64. The highest BCUT2D eigenvalue weighted by Crippen LogP contribution is 2.14. The van der Waals surface area contributed by atoms with E-state index in [-0.39, 0.29) is 0 Å². The van der Waals surface area contributed by atoms with E-state index in [1.54, 1.807) is 0 Å². The summed E-state index contributed by atoms with van der Waals surface area (Å²) in [7, 11) is 0. The molecule has 0 aromatic rings. The third-order valence-corrected chi connectivity index (χ3v) is 1.76. The van der Waals surface area contributed by atoms with Crippen LogP contribution in [-0.2, 0) is 0 Å². The lowest BCUT2D eigenvalue weighted by Crippen LogP contribution is -2.15. The Morgan fingerprint density at radius 3 is 2.90 bits per heavy atom. The Morgan fingerprint density at radius 1 is 1.50 bits per heavy atom. The fraction of sp³-hybridized carbons (Fsp3) is 0.500. The normalized spacial score (nSPS) is 24.6. The van der Waals surface area contributed by atoms with Gasteiger partial charge in [-0.1, -0.05) is 18.2 Å². The minimum Gasteiger partial charge on any atom is -0.330 e. The number of rotatable bonds is 2. The quantitative estimate of drug-likeness (QED) is 0.580. The predicted octanol–water partition coefficient (Wildman–Crippen LogP) is 0.406. The molecule has 2 nitrogen and oxygen atoms in total. The second kappa shape index (κ2) is 3.54. The molecule has 2 heteroatoms. The highest BCUT2D eigenvalue weighted by atomic mass is 14.6. The summed E-state index contributed by atoms with van der Waals surface area (Å²) in [6.07, 6.45) is 7.45. The number of hydrogen-bond donors (Lipinski definition) is 2. The molecule has 0 heterocycles. The first kappa shape index (κ1) is 7.51. The van der Waals surface area contributed by atoms with E-state index < -0.39 is 0 Å². The molecule has 1 unspecified atom stereocenters. The molecule has 0 aromatic carbocycles. The number of allylic oxidation sites excluding steroid dienone is 1. The molecule has 1 aliphatic carbocycles. The minimum atomic E-state index is 0.517. The molecule has 10 heavy (non-hydrogen) atoms. The van der Waals surface area contributed by atoms with Gasteiger partial charge in [-0.2, -0.15) is 0 Å². The van der Waals surface area contributed by atoms with Gasteiger partial charge in [0, 0.05) is 6.54 Å². The topological polar surface area (TPSA) is 52.0 Å². The maximum absolute atomic E-state index is 5.50. The van der Waals surface area contributed by atoms with Crippen LogP contribution in [-0.4, -0.2) is 13.1 Å². The smallest absolute Gasteiger partial charge is 0.0174 e. The third kappa shape index (κ3) is 1.69. The van der Waals surface area contributed by atoms with Crippen LogP contribution < -0.4 is 11.5 Å². The average Bonchev–Trinajstić information content (AvgIpc) is 2.05. The summed E-state index contributed by atoms with van der Waals surface area (Å²) in [5.41, 5.74) is 12.2. The van der Waals surface area contributed by atoms with Crippen LogP contribution in [0.2, 0.25) is 0 Å². The molecule has 0 aromatic heterocycles. The molecule has 0 saturated carbocycles. The summed E-state index contributed by atoms with van der Waals surface area (Å²) < 4.78 is 0. The molecule has 0 amide bonds. The van der Waals surface area contributed by atoms with E-state index in [1.807, 2.05) is 0 Å². The standard InChI is InChI=1S/C8H14N2/c9-5-7-2-1-3-8(4-7)6-10/h1-2,4,8H,3,5-6,9-10H2. The lowest BCUT2D eigenvalue weighted by atomic mass is 9.96. The Labute approximate surface area is 61.6 Å². The lowest BCUT2D eigenvalue weighted by Gasteiger charge is -2.12. The van der Waals surface area contributed by atoms with Crippen LogP contribution in [0.25, 0.3) is 0 Å². The monoisotopic (exact) mass is 138 g/mol. The second-order valence-corrected chi connectivity index (χ2v) is 2.58. The molecule has 1 aliphatic rings. The molecule has 0 aliphatic heterocycles. The summed E-state index contributed by atoms with van der Waals surface area (Å²) in [5.74, 6) is 0.517. The Kier molecular flexibility index (Phi) is 2.66. The molecule has 0 fully saturated rings. The maximum Gasteiger partial charge on any atom is 0.0174 e. The van der Waals surface area contributed by atoms with Crippen molar-refractivity contribution in [1.82, 2.24) is 0 Å². The van der Waals surface area contributed by atoms with Gasteiger partial charge in [-0.15, -0.1) is 0 Å². The zero-order valence-electron chi connectivity index (χ0n) is 6.09. The van der Waals surface area contributed by atoms with E-state index >= 15 is 0 Å². The van der Waals surface area contributed by atoms with E-state index in [1.165, 1.54) is 5.57 Å². The van der Waals surface area contributed by atoms with Crippen molar-refractivity contribution in [2.24, 2.45) is 17.4 Å². The summed E-state index contributed by atoms with van der Waals surface area (Å²) >= 11 is 0. The summed E-state index contributed by atoms with van der Waals surface area (Å²) in [6, 6.07) is 0. The molecule has 0 saturated heterocycles. The first-order chi connectivity index (χ1) is 4.86. The van der Waals surface area contributed by atoms with Crippen molar-refractivity contribution in [3.05, 3.63) is 23.8 Å². The van der Waals surface area contributed by atoms with Crippen LogP contribution in [0.4, 0.5) is 0 Å². The van der Waals surface area contributed by atoms with E-state index in [2.05, 4.69) is 18.2 Å². The summed E-state index contributed by atoms with van der Waals surface area (Å²) in [5, 5.41) is 0. The molecule has 1 rings (SSSR count).